The summed E-state index contributed by atoms with van der Waals surface area (Å²) in [5.74, 6) is 0. The van der Waals surface area contributed by atoms with Crippen LogP contribution in [0.15, 0.2) is 23.1 Å². The minimum Gasteiger partial charge on any atom is -0.317 e. The Morgan fingerprint density at radius 1 is 1.41 bits per heavy atom. The summed E-state index contributed by atoms with van der Waals surface area (Å²) in [4.78, 5) is 0.326. The van der Waals surface area contributed by atoms with Gasteiger partial charge in [0.15, 0.2) is 0 Å². The van der Waals surface area contributed by atoms with Crippen molar-refractivity contribution >= 4 is 10.0 Å². The maximum Gasteiger partial charge on any atom is 0.240 e. The van der Waals surface area contributed by atoms with Crippen molar-refractivity contribution in [3.05, 3.63) is 29.8 Å². The van der Waals surface area contributed by atoms with Gasteiger partial charge in [0.2, 0.25) is 10.0 Å². The van der Waals surface area contributed by atoms with E-state index >= 15 is 0 Å². The first-order valence-corrected chi connectivity index (χ1v) is 7.28. The fourth-order valence-corrected chi connectivity index (χ4v) is 3.34. The first-order chi connectivity index (χ1) is 8.08. The highest BCUT2D eigenvalue weighted by molar-refractivity contribution is 7.89. The van der Waals surface area contributed by atoms with Crippen LogP contribution in [0.4, 0.5) is 0 Å². The van der Waals surface area contributed by atoms with Crippen molar-refractivity contribution in [1.29, 1.82) is 0 Å². The Kier molecular flexibility index (Phi) is 3.81. The van der Waals surface area contributed by atoms with E-state index in [4.69, 9.17) is 0 Å². The second-order valence-corrected chi connectivity index (χ2v) is 6.07. The minimum absolute atomic E-state index is 0.0470. The molecule has 1 aromatic rings. The molecule has 0 saturated carbocycles. The summed E-state index contributed by atoms with van der Waals surface area (Å²) < 4.78 is 27.0. The molecular formula is C12H17N2O2S. The van der Waals surface area contributed by atoms with Crippen LogP contribution < -0.4 is 10.0 Å². The Balaban J connectivity index is 2.13. The maximum atomic E-state index is 12.1. The van der Waals surface area contributed by atoms with Crippen LogP contribution in [-0.2, 0) is 10.0 Å². The molecule has 1 aliphatic rings. The van der Waals surface area contributed by atoms with E-state index in [9.17, 15) is 8.42 Å². The lowest BCUT2D eigenvalue weighted by Gasteiger charge is -2.23. The molecule has 5 heteroatoms. The fraction of sp³-hybridized carbons (Fsp3) is 0.500. The molecular weight excluding hydrogens is 236 g/mol. The summed E-state index contributed by atoms with van der Waals surface area (Å²) in [5, 5.41) is 3.21. The summed E-state index contributed by atoms with van der Waals surface area (Å²) in [5.41, 5.74) is 0.832. The van der Waals surface area contributed by atoms with Crippen LogP contribution in [0.25, 0.3) is 0 Å². The molecule has 0 aromatic heterocycles. The molecule has 2 rings (SSSR count). The van der Waals surface area contributed by atoms with Gasteiger partial charge in [-0.15, -0.1) is 0 Å². The van der Waals surface area contributed by atoms with Gasteiger partial charge in [0.25, 0.3) is 0 Å². The maximum absolute atomic E-state index is 12.1. The van der Waals surface area contributed by atoms with Crippen molar-refractivity contribution in [3.8, 4) is 0 Å². The molecule has 1 aliphatic heterocycles. The largest absolute Gasteiger partial charge is 0.317 e. The van der Waals surface area contributed by atoms with E-state index in [0.29, 0.717) is 4.90 Å². The molecule has 0 bridgehead atoms. The average molecular weight is 253 g/mol. The van der Waals surface area contributed by atoms with Crippen molar-refractivity contribution in [2.75, 3.05) is 13.1 Å². The van der Waals surface area contributed by atoms with Crippen LogP contribution in [0.2, 0.25) is 0 Å². The van der Waals surface area contributed by atoms with Gasteiger partial charge < -0.3 is 5.32 Å². The Bertz CT molecular complexity index is 479. The van der Waals surface area contributed by atoms with Gasteiger partial charge in [-0.05, 0) is 56.6 Å². The van der Waals surface area contributed by atoms with E-state index in [1.807, 2.05) is 6.92 Å². The highest BCUT2D eigenvalue weighted by Crippen LogP contribution is 2.13. The second kappa shape index (κ2) is 5.16. The summed E-state index contributed by atoms with van der Waals surface area (Å²) in [6.07, 6.45) is 1.69. The van der Waals surface area contributed by atoms with Crippen molar-refractivity contribution < 1.29 is 8.42 Å². The molecule has 1 saturated heterocycles. The van der Waals surface area contributed by atoms with Gasteiger partial charge in [-0.3, -0.25) is 0 Å². The molecule has 17 heavy (non-hydrogen) atoms. The van der Waals surface area contributed by atoms with E-state index in [2.05, 4.69) is 16.1 Å². The van der Waals surface area contributed by atoms with E-state index < -0.39 is 10.0 Å². The Morgan fingerprint density at radius 2 is 2.12 bits per heavy atom. The topological polar surface area (TPSA) is 58.2 Å². The average Bonchev–Trinajstić information content (AvgIpc) is 2.30. The van der Waals surface area contributed by atoms with Crippen molar-refractivity contribution in [1.82, 2.24) is 10.0 Å². The number of benzene rings is 1. The smallest absolute Gasteiger partial charge is 0.240 e. The monoisotopic (exact) mass is 253 g/mol. The predicted octanol–water partition coefficient (Wildman–Crippen LogP) is 0.826. The van der Waals surface area contributed by atoms with Crippen molar-refractivity contribution in [2.24, 2.45) is 0 Å². The summed E-state index contributed by atoms with van der Waals surface area (Å²) in [7, 11) is -3.38. The standard InChI is InChI=1S/C12H17N2O2S/c1-10-3-2-4-12(9-10)17(15,16)14-11-5-7-13-8-6-11/h2,4,9,11,13-14H,5-8H2,1H3. The Labute approximate surface area is 102 Å². The number of nitrogens with one attached hydrogen (secondary N) is 2. The number of aryl methyl sites for hydroxylation is 1. The summed E-state index contributed by atoms with van der Waals surface area (Å²) in [6.45, 7) is 3.58. The van der Waals surface area contributed by atoms with Gasteiger partial charge in [-0.1, -0.05) is 6.07 Å². The fourth-order valence-electron chi connectivity index (χ4n) is 1.95. The first-order valence-electron chi connectivity index (χ1n) is 5.79. The zero-order valence-electron chi connectivity index (χ0n) is 9.86. The van der Waals surface area contributed by atoms with Crippen LogP contribution in [0.1, 0.15) is 18.4 Å². The molecule has 4 nitrogen and oxygen atoms in total. The van der Waals surface area contributed by atoms with Crippen LogP contribution in [0.3, 0.4) is 0 Å². The zero-order valence-corrected chi connectivity index (χ0v) is 10.7. The SMILES string of the molecule is Cc1[c]ccc(S(=O)(=O)NC2CCNCC2)c1. The molecule has 1 heterocycles. The van der Waals surface area contributed by atoms with Gasteiger partial charge in [-0.2, -0.15) is 0 Å². The number of sulfonamides is 1. The molecule has 0 aliphatic carbocycles. The van der Waals surface area contributed by atoms with Gasteiger partial charge >= 0.3 is 0 Å². The van der Waals surface area contributed by atoms with E-state index in [-0.39, 0.29) is 6.04 Å². The molecule has 0 amide bonds. The third kappa shape index (κ3) is 3.28. The van der Waals surface area contributed by atoms with Crippen LogP contribution in [-0.4, -0.2) is 27.5 Å². The third-order valence-electron chi connectivity index (χ3n) is 2.89. The number of hydrogen-bond donors (Lipinski definition) is 2. The number of hydrogen-bond acceptors (Lipinski definition) is 3. The summed E-state index contributed by atoms with van der Waals surface area (Å²) in [6, 6.07) is 7.86. The first kappa shape index (κ1) is 12.5. The van der Waals surface area contributed by atoms with E-state index in [1.54, 1.807) is 18.2 Å². The van der Waals surface area contributed by atoms with E-state index in [1.165, 1.54) is 0 Å². The Morgan fingerprint density at radius 3 is 2.76 bits per heavy atom. The zero-order chi connectivity index (χ0) is 12.3. The second-order valence-electron chi connectivity index (χ2n) is 4.35. The van der Waals surface area contributed by atoms with Gasteiger partial charge in [0, 0.05) is 6.04 Å². The summed E-state index contributed by atoms with van der Waals surface area (Å²) >= 11 is 0. The molecule has 93 valence electrons. The molecule has 1 radical (unpaired) electrons. The van der Waals surface area contributed by atoms with Gasteiger partial charge in [0.05, 0.1) is 4.90 Å². The third-order valence-corrected chi connectivity index (χ3v) is 4.41. The van der Waals surface area contributed by atoms with Crippen molar-refractivity contribution in [3.63, 3.8) is 0 Å². The highest BCUT2D eigenvalue weighted by atomic mass is 32.2. The van der Waals surface area contributed by atoms with Crippen LogP contribution in [0, 0.1) is 13.0 Å². The van der Waals surface area contributed by atoms with Crippen LogP contribution in [0.5, 0.6) is 0 Å². The molecule has 0 atom stereocenters. The Hall–Kier alpha value is -0.910. The quantitative estimate of drug-likeness (QED) is 0.838. The normalized spacial score (nSPS) is 18.2. The predicted molar refractivity (Wildman–Crippen MR) is 66.2 cm³/mol. The number of piperidine rings is 1. The van der Waals surface area contributed by atoms with Crippen LogP contribution >= 0.6 is 0 Å². The van der Waals surface area contributed by atoms with Gasteiger partial charge in [-0.25, -0.2) is 13.1 Å². The lowest BCUT2D eigenvalue weighted by Crippen LogP contribution is -2.42. The minimum atomic E-state index is -3.38. The van der Waals surface area contributed by atoms with Gasteiger partial charge in [0.1, 0.15) is 0 Å². The molecule has 0 unspecified atom stereocenters. The highest BCUT2D eigenvalue weighted by Gasteiger charge is 2.21. The lowest BCUT2D eigenvalue weighted by atomic mass is 10.1. The molecule has 1 aromatic carbocycles. The molecule has 0 spiro atoms. The number of rotatable bonds is 3. The van der Waals surface area contributed by atoms with E-state index in [0.717, 1.165) is 31.5 Å². The van der Waals surface area contributed by atoms with Crippen molar-refractivity contribution in [2.45, 2.75) is 30.7 Å². The molecule has 2 N–H and O–H groups in total. The lowest BCUT2D eigenvalue weighted by molar-refractivity contribution is 0.427. The molecule has 1 fully saturated rings.